The number of rotatable bonds is 5. The first-order valence-corrected chi connectivity index (χ1v) is 9.30. The van der Waals surface area contributed by atoms with Crippen molar-refractivity contribution in [1.82, 2.24) is 0 Å². The fourth-order valence-corrected chi connectivity index (χ4v) is 3.10. The van der Waals surface area contributed by atoms with Crippen molar-refractivity contribution in [2.75, 3.05) is 0 Å². The van der Waals surface area contributed by atoms with Crippen molar-refractivity contribution in [3.8, 4) is 12.8 Å². The quantitative estimate of drug-likeness (QED) is 0.307. The third-order valence-corrected chi connectivity index (χ3v) is 4.50. The summed E-state index contributed by atoms with van der Waals surface area (Å²) in [4.78, 5) is 0. The first-order chi connectivity index (χ1) is 11.2. The Morgan fingerprint density at radius 3 is 2.22 bits per heavy atom. The van der Waals surface area contributed by atoms with Gasteiger partial charge in [0.2, 0.25) is 0 Å². The lowest BCUT2D eigenvalue weighted by Crippen LogP contribution is -2.12. The minimum Gasteiger partial charge on any atom is -0.124 e. The molecule has 0 saturated heterocycles. The van der Waals surface area contributed by atoms with Crippen LogP contribution in [0.4, 0.5) is 0 Å². The maximum Gasteiger partial charge on any atom is 0.00463 e. The van der Waals surface area contributed by atoms with E-state index in [1.54, 1.807) is 5.57 Å². The number of allylic oxidation sites excluding steroid dienone is 2. The highest BCUT2D eigenvalue weighted by Gasteiger charge is 2.20. The lowest BCUT2D eigenvalue weighted by Gasteiger charge is -2.27. The monoisotopic (exact) mass is 312 g/mol. The third kappa shape index (κ3) is 7.56. The van der Waals surface area contributed by atoms with Gasteiger partial charge in [-0.15, -0.1) is 12.8 Å². The molecule has 128 valence electrons. The van der Waals surface area contributed by atoms with Gasteiger partial charge in [-0.1, -0.05) is 76.5 Å². The second kappa shape index (κ2) is 13.0. The van der Waals surface area contributed by atoms with Crippen LogP contribution in [-0.4, -0.2) is 0 Å². The van der Waals surface area contributed by atoms with Crippen molar-refractivity contribution in [3.05, 3.63) is 47.0 Å². The number of hydrogen-bond acceptors (Lipinski definition) is 0. The standard InChI is InChI=1S/C19H28.C2H6.C2H2/c1-4-5-6-7-17-10-12-18(13-11-17)19-14-15(2)8-9-16(19)3;2*1-2/h10-14,16,19H,4-9H2,1-3H3;1-2H3;1-2H. The molecule has 1 aliphatic carbocycles. The number of unbranched alkanes of at least 4 members (excludes halogenated alkanes) is 2. The van der Waals surface area contributed by atoms with E-state index in [-0.39, 0.29) is 0 Å². The van der Waals surface area contributed by atoms with Crippen molar-refractivity contribution < 1.29 is 0 Å². The first-order valence-electron chi connectivity index (χ1n) is 9.30. The third-order valence-electron chi connectivity index (χ3n) is 4.50. The Kier molecular flexibility index (Phi) is 12.2. The second-order valence-electron chi connectivity index (χ2n) is 6.25. The van der Waals surface area contributed by atoms with Crippen molar-refractivity contribution in [2.24, 2.45) is 5.92 Å². The van der Waals surface area contributed by atoms with E-state index >= 15 is 0 Å². The van der Waals surface area contributed by atoms with Crippen LogP contribution in [0.15, 0.2) is 35.9 Å². The minimum absolute atomic E-state index is 0.637. The number of terminal acetylenes is 1. The molecule has 0 amide bonds. The van der Waals surface area contributed by atoms with Crippen LogP contribution in [0.25, 0.3) is 0 Å². The molecule has 0 radical (unpaired) electrons. The predicted molar refractivity (Wildman–Crippen MR) is 106 cm³/mol. The molecule has 0 aliphatic heterocycles. The lowest BCUT2D eigenvalue weighted by molar-refractivity contribution is 0.458. The van der Waals surface area contributed by atoms with Gasteiger partial charge in [-0.05, 0) is 49.7 Å². The van der Waals surface area contributed by atoms with Gasteiger partial charge in [-0.2, -0.15) is 0 Å². The van der Waals surface area contributed by atoms with E-state index in [4.69, 9.17) is 0 Å². The van der Waals surface area contributed by atoms with Gasteiger partial charge >= 0.3 is 0 Å². The summed E-state index contributed by atoms with van der Waals surface area (Å²) in [5.41, 5.74) is 4.57. The molecule has 1 aliphatic rings. The van der Waals surface area contributed by atoms with Gasteiger partial charge in [0.15, 0.2) is 0 Å². The molecule has 2 unspecified atom stereocenters. The van der Waals surface area contributed by atoms with Gasteiger partial charge in [0, 0.05) is 5.92 Å². The SMILES string of the molecule is C#C.CC.CCCCCc1ccc(C2C=C(C)CCC2C)cc1. The molecular formula is C23H36. The van der Waals surface area contributed by atoms with E-state index in [1.165, 1.54) is 49.7 Å². The molecule has 1 aromatic carbocycles. The molecule has 23 heavy (non-hydrogen) atoms. The highest BCUT2D eigenvalue weighted by Crippen LogP contribution is 2.35. The van der Waals surface area contributed by atoms with Crippen LogP contribution in [0.5, 0.6) is 0 Å². The Balaban J connectivity index is 0.00000112. The highest BCUT2D eigenvalue weighted by atomic mass is 14.3. The fraction of sp³-hybridized carbons (Fsp3) is 0.565. The molecule has 0 aromatic heterocycles. The first kappa shape index (κ1) is 21.5. The molecule has 2 atom stereocenters. The van der Waals surface area contributed by atoms with Crippen LogP contribution in [0, 0.1) is 18.8 Å². The Morgan fingerprint density at radius 1 is 1.04 bits per heavy atom. The molecule has 2 rings (SSSR count). The van der Waals surface area contributed by atoms with E-state index in [1.807, 2.05) is 13.8 Å². The van der Waals surface area contributed by atoms with Crippen LogP contribution < -0.4 is 0 Å². The van der Waals surface area contributed by atoms with Gasteiger partial charge in [0.1, 0.15) is 0 Å². The number of aryl methyl sites for hydroxylation is 1. The summed E-state index contributed by atoms with van der Waals surface area (Å²) in [5.74, 6) is 1.42. The van der Waals surface area contributed by atoms with E-state index in [0.29, 0.717) is 5.92 Å². The Morgan fingerprint density at radius 2 is 1.65 bits per heavy atom. The van der Waals surface area contributed by atoms with Crippen LogP contribution >= 0.6 is 0 Å². The zero-order chi connectivity index (χ0) is 17.7. The van der Waals surface area contributed by atoms with Gasteiger partial charge in [0.05, 0.1) is 0 Å². The molecule has 0 nitrogen and oxygen atoms in total. The summed E-state index contributed by atoms with van der Waals surface area (Å²) in [6.45, 7) is 10.9. The topological polar surface area (TPSA) is 0 Å². The number of hydrogen-bond donors (Lipinski definition) is 0. The molecule has 0 heteroatoms. The summed E-state index contributed by atoms with van der Waals surface area (Å²) >= 11 is 0. The van der Waals surface area contributed by atoms with E-state index in [2.05, 4.69) is 64.0 Å². The predicted octanol–water partition coefficient (Wildman–Crippen LogP) is 7.15. The molecule has 1 aromatic rings. The van der Waals surface area contributed by atoms with Crippen LogP contribution in [0.2, 0.25) is 0 Å². The second-order valence-corrected chi connectivity index (χ2v) is 6.25. The Labute approximate surface area is 145 Å². The van der Waals surface area contributed by atoms with Crippen LogP contribution in [-0.2, 0) is 6.42 Å². The molecule has 0 saturated carbocycles. The molecule has 0 N–H and O–H groups in total. The average molecular weight is 313 g/mol. The fourth-order valence-electron chi connectivity index (χ4n) is 3.10. The zero-order valence-corrected chi connectivity index (χ0v) is 15.9. The van der Waals surface area contributed by atoms with Crippen molar-refractivity contribution in [1.29, 1.82) is 0 Å². The van der Waals surface area contributed by atoms with Crippen molar-refractivity contribution in [3.63, 3.8) is 0 Å². The van der Waals surface area contributed by atoms with Crippen molar-refractivity contribution >= 4 is 0 Å². The highest BCUT2D eigenvalue weighted by molar-refractivity contribution is 5.31. The maximum absolute atomic E-state index is 4.00. The van der Waals surface area contributed by atoms with Gasteiger partial charge < -0.3 is 0 Å². The molecule has 0 bridgehead atoms. The van der Waals surface area contributed by atoms with E-state index in [0.717, 1.165) is 5.92 Å². The molecular weight excluding hydrogens is 276 g/mol. The van der Waals surface area contributed by atoms with Crippen molar-refractivity contribution in [2.45, 2.75) is 79.1 Å². The van der Waals surface area contributed by atoms with Gasteiger partial charge in [-0.25, -0.2) is 0 Å². The summed E-state index contributed by atoms with van der Waals surface area (Å²) in [7, 11) is 0. The summed E-state index contributed by atoms with van der Waals surface area (Å²) in [6.07, 6.45) is 18.3. The largest absolute Gasteiger partial charge is 0.124 e. The number of benzene rings is 1. The minimum atomic E-state index is 0.637. The summed E-state index contributed by atoms with van der Waals surface area (Å²) < 4.78 is 0. The Hall–Kier alpha value is -1.48. The molecule has 0 fully saturated rings. The zero-order valence-electron chi connectivity index (χ0n) is 15.9. The van der Waals surface area contributed by atoms with Crippen LogP contribution in [0.1, 0.15) is 83.8 Å². The smallest absolute Gasteiger partial charge is 0.00463 e. The van der Waals surface area contributed by atoms with Gasteiger partial charge in [0.25, 0.3) is 0 Å². The normalized spacial score (nSPS) is 19.5. The average Bonchev–Trinajstić information content (AvgIpc) is 2.61. The molecule has 0 spiro atoms. The van der Waals surface area contributed by atoms with Gasteiger partial charge in [-0.3, -0.25) is 0 Å². The van der Waals surface area contributed by atoms with E-state index < -0.39 is 0 Å². The van der Waals surface area contributed by atoms with Crippen LogP contribution in [0.3, 0.4) is 0 Å². The summed E-state index contributed by atoms with van der Waals surface area (Å²) in [5, 5.41) is 0. The summed E-state index contributed by atoms with van der Waals surface area (Å²) in [6, 6.07) is 9.40. The lowest BCUT2D eigenvalue weighted by atomic mass is 9.78. The van der Waals surface area contributed by atoms with E-state index in [9.17, 15) is 0 Å². The Bertz CT molecular complexity index is 447. The molecule has 0 heterocycles. The maximum atomic E-state index is 4.00.